The highest BCUT2D eigenvalue weighted by Gasteiger charge is 2.26. The molecule has 1 aromatic carbocycles. The molecule has 0 bridgehead atoms. The van der Waals surface area contributed by atoms with E-state index in [9.17, 15) is 4.79 Å². The number of aromatic nitrogens is 2. The first kappa shape index (κ1) is 21.7. The molecule has 0 saturated carbocycles. The number of H-pyrrole nitrogens is 1. The van der Waals surface area contributed by atoms with Gasteiger partial charge in [-0.25, -0.2) is 4.98 Å². The fraction of sp³-hybridized carbons (Fsp3) is 0.500. The molecule has 130 valence electrons. The number of rotatable bonds is 5. The number of hydrogen-bond acceptors (Lipinski definition) is 3. The Balaban J connectivity index is 0.00000242. The molecule has 0 aliphatic rings. The zero-order valence-corrected chi connectivity index (χ0v) is 15.4. The predicted octanol–water partition coefficient (Wildman–Crippen LogP) is 2.83. The van der Waals surface area contributed by atoms with Crippen LogP contribution >= 0.6 is 24.8 Å². The number of fused-ring (bicyclic) bond motifs is 1. The van der Waals surface area contributed by atoms with Crippen molar-refractivity contribution >= 4 is 41.8 Å². The van der Waals surface area contributed by atoms with E-state index in [0.29, 0.717) is 6.54 Å². The van der Waals surface area contributed by atoms with E-state index in [1.807, 2.05) is 45.0 Å². The molecule has 1 aromatic heterocycles. The van der Waals surface area contributed by atoms with Gasteiger partial charge in [0.05, 0.1) is 17.1 Å². The second-order valence-electron chi connectivity index (χ2n) is 6.44. The first-order chi connectivity index (χ1) is 9.88. The number of aromatic amines is 1. The third kappa shape index (κ3) is 6.01. The second kappa shape index (κ2) is 9.11. The maximum Gasteiger partial charge on any atom is 0.237 e. The van der Waals surface area contributed by atoms with Gasteiger partial charge in [0.2, 0.25) is 5.91 Å². The molecule has 1 heterocycles. The van der Waals surface area contributed by atoms with Crippen LogP contribution in [0.1, 0.15) is 33.0 Å². The summed E-state index contributed by atoms with van der Waals surface area (Å²) in [7, 11) is 0. The third-order valence-electron chi connectivity index (χ3n) is 3.54. The fourth-order valence-corrected chi connectivity index (χ4v) is 2.09. The number of amides is 1. The van der Waals surface area contributed by atoms with Crippen LogP contribution < -0.4 is 11.1 Å². The van der Waals surface area contributed by atoms with E-state index in [4.69, 9.17) is 5.73 Å². The van der Waals surface area contributed by atoms with Gasteiger partial charge in [0.25, 0.3) is 0 Å². The van der Waals surface area contributed by atoms with Crippen LogP contribution in [0.5, 0.6) is 0 Å². The molecule has 0 unspecified atom stereocenters. The highest BCUT2D eigenvalue weighted by atomic mass is 35.5. The van der Waals surface area contributed by atoms with Crippen molar-refractivity contribution in [3.8, 4) is 0 Å². The van der Waals surface area contributed by atoms with Crippen molar-refractivity contribution in [1.82, 2.24) is 15.3 Å². The minimum atomic E-state index is -0.483. The molecule has 1 atom stereocenters. The molecule has 23 heavy (non-hydrogen) atoms. The number of halogens is 2. The Morgan fingerprint density at radius 3 is 2.57 bits per heavy atom. The predicted molar refractivity (Wildman–Crippen MR) is 99.4 cm³/mol. The highest BCUT2D eigenvalue weighted by Crippen LogP contribution is 2.17. The molecule has 7 heteroatoms. The van der Waals surface area contributed by atoms with Crippen molar-refractivity contribution in [2.75, 3.05) is 6.54 Å². The Labute approximate surface area is 149 Å². The highest BCUT2D eigenvalue weighted by molar-refractivity contribution is 5.85. The summed E-state index contributed by atoms with van der Waals surface area (Å²) in [6.07, 6.45) is 1.64. The summed E-state index contributed by atoms with van der Waals surface area (Å²) in [4.78, 5) is 19.7. The van der Waals surface area contributed by atoms with E-state index in [2.05, 4.69) is 15.3 Å². The van der Waals surface area contributed by atoms with Gasteiger partial charge in [0.15, 0.2) is 0 Å². The van der Waals surface area contributed by atoms with E-state index in [-0.39, 0.29) is 36.1 Å². The fourth-order valence-electron chi connectivity index (χ4n) is 2.09. The first-order valence-electron chi connectivity index (χ1n) is 7.35. The lowest BCUT2D eigenvalue weighted by Gasteiger charge is -2.25. The minimum Gasteiger partial charge on any atom is -0.355 e. The number of carbonyl (C=O) groups excluding carboxylic acids is 1. The Morgan fingerprint density at radius 1 is 1.30 bits per heavy atom. The number of nitrogens with two attached hydrogens (primary N) is 1. The van der Waals surface area contributed by atoms with Crippen LogP contribution in [-0.4, -0.2) is 28.5 Å². The Hall–Kier alpha value is -1.30. The van der Waals surface area contributed by atoms with Crippen LogP contribution in [0.15, 0.2) is 24.3 Å². The minimum absolute atomic E-state index is 0. The molecule has 0 spiro atoms. The van der Waals surface area contributed by atoms with E-state index in [0.717, 1.165) is 29.7 Å². The molecule has 5 nitrogen and oxygen atoms in total. The summed E-state index contributed by atoms with van der Waals surface area (Å²) in [5, 5.41) is 2.89. The molecule has 0 aliphatic heterocycles. The van der Waals surface area contributed by atoms with Gasteiger partial charge in [-0.1, -0.05) is 32.9 Å². The van der Waals surface area contributed by atoms with Gasteiger partial charge in [0, 0.05) is 13.0 Å². The summed E-state index contributed by atoms with van der Waals surface area (Å²) in [6.45, 7) is 6.50. The summed E-state index contributed by atoms with van der Waals surface area (Å²) >= 11 is 0. The van der Waals surface area contributed by atoms with Crippen LogP contribution in [0.2, 0.25) is 0 Å². The Bertz CT molecular complexity index is 589. The van der Waals surface area contributed by atoms with Crippen molar-refractivity contribution in [3.63, 3.8) is 0 Å². The van der Waals surface area contributed by atoms with Crippen molar-refractivity contribution < 1.29 is 4.79 Å². The molecular formula is C16H26Cl2N4O. The van der Waals surface area contributed by atoms with Gasteiger partial charge in [-0.2, -0.15) is 0 Å². The molecule has 0 aliphatic carbocycles. The van der Waals surface area contributed by atoms with Crippen molar-refractivity contribution in [1.29, 1.82) is 0 Å². The van der Waals surface area contributed by atoms with Crippen molar-refractivity contribution in [2.24, 2.45) is 11.1 Å². The summed E-state index contributed by atoms with van der Waals surface area (Å²) in [5.41, 5.74) is 7.71. The lowest BCUT2D eigenvalue weighted by atomic mass is 9.87. The Morgan fingerprint density at radius 2 is 1.96 bits per heavy atom. The number of carbonyl (C=O) groups is 1. The number of hydrogen-bond donors (Lipinski definition) is 3. The molecule has 1 amide bonds. The molecule has 0 radical (unpaired) electrons. The monoisotopic (exact) mass is 360 g/mol. The van der Waals surface area contributed by atoms with E-state index < -0.39 is 6.04 Å². The maximum atomic E-state index is 11.9. The van der Waals surface area contributed by atoms with E-state index in [1.165, 1.54) is 0 Å². The van der Waals surface area contributed by atoms with Gasteiger partial charge in [-0.05, 0) is 24.0 Å². The summed E-state index contributed by atoms with van der Waals surface area (Å²) in [6, 6.07) is 7.47. The summed E-state index contributed by atoms with van der Waals surface area (Å²) in [5.74, 6) is 0.859. The summed E-state index contributed by atoms with van der Waals surface area (Å²) < 4.78 is 0. The number of benzene rings is 1. The van der Waals surface area contributed by atoms with Gasteiger partial charge in [0.1, 0.15) is 5.82 Å². The average molecular weight is 361 g/mol. The third-order valence-corrected chi connectivity index (χ3v) is 3.54. The zero-order valence-electron chi connectivity index (χ0n) is 13.8. The average Bonchev–Trinajstić information content (AvgIpc) is 2.84. The molecule has 2 aromatic rings. The van der Waals surface area contributed by atoms with Gasteiger partial charge < -0.3 is 16.0 Å². The molecule has 0 saturated heterocycles. The standard InChI is InChI=1S/C16H24N4O.2ClH/c1-16(2,3)14(17)15(21)18-10-6-9-13-19-11-7-4-5-8-12(11)20-13;;/h4-5,7-8,14H,6,9-10,17H2,1-3H3,(H,18,21)(H,19,20);2*1H/t14-;;/m1../s1. The Kier molecular flexibility index (Phi) is 8.59. The number of nitrogens with one attached hydrogen (secondary N) is 2. The molecule has 4 N–H and O–H groups in total. The van der Waals surface area contributed by atoms with Gasteiger partial charge in [-0.15, -0.1) is 24.8 Å². The molecule has 0 fully saturated rings. The van der Waals surface area contributed by atoms with E-state index in [1.54, 1.807) is 0 Å². The maximum absolute atomic E-state index is 11.9. The van der Waals surface area contributed by atoms with Crippen LogP contribution in [0.4, 0.5) is 0 Å². The van der Waals surface area contributed by atoms with Crippen LogP contribution in [-0.2, 0) is 11.2 Å². The smallest absolute Gasteiger partial charge is 0.237 e. The quantitative estimate of drug-likeness (QED) is 0.716. The van der Waals surface area contributed by atoms with E-state index >= 15 is 0 Å². The van der Waals surface area contributed by atoms with Gasteiger partial charge in [-0.3, -0.25) is 4.79 Å². The second-order valence-corrected chi connectivity index (χ2v) is 6.44. The lowest BCUT2D eigenvalue weighted by Crippen LogP contribution is -2.48. The van der Waals surface area contributed by atoms with Crippen molar-refractivity contribution in [2.45, 2.75) is 39.7 Å². The number of aryl methyl sites for hydroxylation is 1. The number of imidazole rings is 1. The lowest BCUT2D eigenvalue weighted by molar-refractivity contribution is -0.124. The molecular weight excluding hydrogens is 335 g/mol. The number of para-hydroxylation sites is 2. The number of nitrogens with zero attached hydrogens (tertiary/aromatic N) is 1. The van der Waals surface area contributed by atoms with Crippen LogP contribution in [0, 0.1) is 5.41 Å². The zero-order chi connectivity index (χ0) is 15.5. The van der Waals surface area contributed by atoms with Gasteiger partial charge >= 0.3 is 0 Å². The van der Waals surface area contributed by atoms with Crippen molar-refractivity contribution in [3.05, 3.63) is 30.1 Å². The topological polar surface area (TPSA) is 83.8 Å². The SMILES string of the molecule is CC(C)(C)[C@H](N)C(=O)NCCCc1nc2ccccc2[nH]1.Cl.Cl. The first-order valence-corrected chi connectivity index (χ1v) is 7.35. The van der Waals surface area contributed by atoms with Crippen LogP contribution in [0.3, 0.4) is 0 Å². The molecule has 2 rings (SSSR count). The largest absolute Gasteiger partial charge is 0.355 e. The normalized spacial score (nSPS) is 12.2. The van der Waals surface area contributed by atoms with Crippen LogP contribution in [0.25, 0.3) is 11.0 Å².